The van der Waals surface area contributed by atoms with Crippen molar-refractivity contribution in [3.05, 3.63) is 65.9 Å². The molecule has 106 valence electrons. The van der Waals surface area contributed by atoms with Crippen molar-refractivity contribution >= 4 is 16.7 Å². The molecule has 3 rings (SSSR count). The number of esters is 1. The molecule has 0 saturated carbocycles. The van der Waals surface area contributed by atoms with Crippen LogP contribution in [0.4, 0.5) is 0 Å². The number of hydrogen-bond acceptors (Lipinski definition) is 4. The van der Waals surface area contributed by atoms with Crippen molar-refractivity contribution in [2.75, 3.05) is 6.61 Å². The second kappa shape index (κ2) is 5.79. The molecule has 0 atom stereocenters. The minimum Gasteiger partial charge on any atom is -0.461 e. The molecule has 2 aromatic carbocycles. The number of fused-ring (bicyclic) bond motifs is 1. The summed E-state index contributed by atoms with van der Waals surface area (Å²) in [5.41, 5.74) is 1.30. The number of aromatic nitrogens is 1. The molecule has 0 radical (unpaired) electrons. The van der Waals surface area contributed by atoms with Crippen LogP contribution in [0.25, 0.3) is 10.8 Å². The number of ether oxygens (including phenoxy) is 1. The molecule has 0 bridgehead atoms. The molecule has 21 heavy (non-hydrogen) atoms. The topological polar surface area (TPSA) is 52.3 Å². The average molecular weight is 281 g/mol. The number of rotatable bonds is 4. The summed E-state index contributed by atoms with van der Waals surface area (Å²) in [5.74, 6) is 0.0549. The summed E-state index contributed by atoms with van der Waals surface area (Å²) in [5, 5.41) is 2.37. The van der Waals surface area contributed by atoms with Crippen molar-refractivity contribution in [3.8, 4) is 0 Å². The number of carbonyl (C=O) groups excluding carboxylic acids is 1. The van der Waals surface area contributed by atoms with E-state index in [4.69, 9.17) is 9.15 Å². The van der Waals surface area contributed by atoms with Crippen LogP contribution in [-0.4, -0.2) is 17.6 Å². The Labute approximate surface area is 122 Å². The van der Waals surface area contributed by atoms with Crippen molar-refractivity contribution in [2.24, 2.45) is 0 Å². The number of carbonyl (C=O) groups is 1. The van der Waals surface area contributed by atoms with E-state index in [2.05, 4.69) is 29.2 Å². The van der Waals surface area contributed by atoms with Gasteiger partial charge < -0.3 is 9.15 Å². The van der Waals surface area contributed by atoms with Gasteiger partial charge in [-0.3, -0.25) is 0 Å². The smallest absolute Gasteiger partial charge is 0.360 e. The van der Waals surface area contributed by atoms with E-state index in [-0.39, 0.29) is 5.69 Å². The Morgan fingerprint density at radius 3 is 2.81 bits per heavy atom. The van der Waals surface area contributed by atoms with Crippen LogP contribution in [0.1, 0.15) is 28.9 Å². The average Bonchev–Trinajstić information content (AvgIpc) is 2.96. The third-order valence-electron chi connectivity index (χ3n) is 3.21. The zero-order chi connectivity index (χ0) is 14.7. The molecule has 0 aliphatic rings. The van der Waals surface area contributed by atoms with Crippen LogP contribution in [-0.2, 0) is 11.2 Å². The standard InChI is InChI=1S/C17H15NO3/c1-2-20-17(19)15-11-21-16(18-15)10-12-7-8-13-5-3-4-6-14(13)9-12/h3-9,11H,2,10H2,1H3. The Morgan fingerprint density at radius 1 is 1.19 bits per heavy atom. The van der Waals surface area contributed by atoms with Gasteiger partial charge in [0.15, 0.2) is 11.6 Å². The van der Waals surface area contributed by atoms with Crippen molar-refractivity contribution in [1.82, 2.24) is 4.98 Å². The first-order chi connectivity index (χ1) is 10.3. The summed E-state index contributed by atoms with van der Waals surface area (Å²) in [6, 6.07) is 14.4. The lowest BCUT2D eigenvalue weighted by Gasteiger charge is -2.01. The summed E-state index contributed by atoms with van der Waals surface area (Å²) in [6.45, 7) is 2.08. The third-order valence-corrected chi connectivity index (χ3v) is 3.21. The molecule has 1 heterocycles. The minimum absolute atomic E-state index is 0.215. The van der Waals surface area contributed by atoms with E-state index in [9.17, 15) is 4.79 Å². The van der Waals surface area contributed by atoms with Crippen LogP contribution in [0.3, 0.4) is 0 Å². The van der Waals surface area contributed by atoms with Gasteiger partial charge in [-0.05, 0) is 23.3 Å². The summed E-state index contributed by atoms with van der Waals surface area (Å²) >= 11 is 0. The van der Waals surface area contributed by atoms with Crippen molar-refractivity contribution in [1.29, 1.82) is 0 Å². The Morgan fingerprint density at radius 2 is 2.00 bits per heavy atom. The molecular weight excluding hydrogens is 266 g/mol. The first kappa shape index (κ1) is 13.4. The van der Waals surface area contributed by atoms with Gasteiger partial charge >= 0.3 is 5.97 Å². The second-order valence-corrected chi connectivity index (χ2v) is 4.71. The van der Waals surface area contributed by atoms with Gasteiger partial charge in [0.25, 0.3) is 0 Å². The van der Waals surface area contributed by atoms with Crippen molar-refractivity contribution in [3.63, 3.8) is 0 Å². The molecule has 0 unspecified atom stereocenters. The third kappa shape index (κ3) is 2.94. The van der Waals surface area contributed by atoms with Gasteiger partial charge in [0, 0.05) is 6.42 Å². The molecule has 3 aromatic rings. The van der Waals surface area contributed by atoms with Crippen molar-refractivity contribution < 1.29 is 13.9 Å². The van der Waals surface area contributed by atoms with E-state index < -0.39 is 5.97 Å². The molecule has 0 aliphatic carbocycles. The Hall–Kier alpha value is -2.62. The molecule has 4 nitrogen and oxygen atoms in total. The lowest BCUT2D eigenvalue weighted by Crippen LogP contribution is -2.05. The molecule has 0 amide bonds. The van der Waals surface area contributed by atoms with E-state index in [1.807, 2.05) is 18.2 Å². The highest BCUT2D eigenvalue weighted by Gasteiger charge is 2.13. The van der Waals surface area contributed by atoms with Crippen LogP contribution >= 0.6 is 0 Å². The second-order valence-electron chi connectivity index (χ2n) is 4.71. The summed E-state index contributed by atoms with van der Waals surface area (Å²) in [6.07, 6.45) is 1.89. The van der Waals surface area contributed by atoms with E-state index in [0.29, 0.717) is 18.9 Å². The van der Waals surface area contributed by atoms with Crippen LogP contribution in [0.2, 0.25) is 0 Å². The van der Waals surface area contributed by atoms with E-state index in [1.54, 1.807) is 6.92 Å². The molecule has 0 spiro atoms. The maximum Gasteiger partial charge on any atom is 0.360 e. The zero-order valence-electron chi connectivity index (χ0n) is 11.7. The number of nitrogens with zero attached hydrogens (tertiary/aromatic N) is 1. The quantitative estimate of drug-likeness (QED) is 0.686. The highest BCUT2D eigenvalue weighted by atomic mass is 16.5. The van der Waals surface area contributed by atoms with Crippen LogP contribution in [0.15, 0.2) is 53.1 Å². The van der Waals surface area contributed by atoms with E-state index >= 15 is 0 Å². The highest BCUT2D eigenvalue weighted by Crippen LogP contribution is 2.18. The zero-order valence-corrected chi connectivity index (χ0v) is 11.7. The lowest BCUT2D eigenvalue weighted by atomic mass is 10.1. The SMILES string of the molecule is CCOC(=O)c1coc(Cc2ccc3ccccc3c2)n1. The number of hydrogen-bond donors (Lipinski definition) is 0. The fraction of sp³-hybridized carbons (Fsp3) is 0.176. The maximum absolute atomic E-state index is 11.5. The summed E-state index contributed by atoms with van der Waals surface area (Å²) < 4.78 is 10.2. The van der Waals surface area contributed by atoms with Gasteiger partial charge in [-0.15, -0.1) is 0 Å². The molecule has 0 fully saturated rings. The van der Waals surface area contributed by atoms with Crippen LogP contribution in [0.5, 0.6) is 0 Å². The fourth-order valence-corrected chi connectivity index (χ4v) is 2.21. The number of benzene rings is 2. The molecule has 1 aromatic heterocycles. The van der Waals surface area contributed by atoms with Gasteiger partial charge in [-0.25, -0.2) is 9.78 Å². The molecule has 0 aliphatic heterocycles. The molecule has 0 saturated heterocycles. The highest BCUT2D eigenvalue weighted by molar-refractivity contribution is 5.86. The molecule has 4 heteroatoms. The van der Waals surface area contributed by atoms with Gasteiger partial charge in [0.1, 0.15) is 6.26 Å². The largest absolute Gasteiger partial charge is 0.461 e. The molecular formula is C17H15NO3. The van der Waals surface area contributed by atoms with Gasteiger partial charge in [0.05, 0.1) is 6.61 Å². The number of oxazole rings is 1. The first-order valence-corrected chi connectivity index (χ1v) is 6.85. The first-order valence-electron chi connectivity index (χ1n) is 6.85. The van der Waals surface area contributed by atoms with E-state index in [0.717, 1.165) is 5.56 Å². The normalized spacial score (nSPS) is 10.7. The minimum atomic E-state index is -0.453. The van der Waals surface area contributed by atoms with Crippen LogP contribution in [0, 0.1) is 0 Å². The van der Waals surface area contributed by atoms with Crippen molar-refractivity contribution in [2.45, 2.75) is 13.3 Å². The Bertz CT molecular complexity index is 776. The lowest BCUT2D eigenvalue weighted by molar-refractivity contribution is 0.0519. The maximum atomic E-state index is 11.5. The molecule has 0 N–H and O–H groups in total. The Kier molecular flexibility index (Phi) is 3.69. The van der Waals surface area contributed by atoms with Gasteiger partial charge in [0.2, 0.25) is 0 Å². The summed E-state index contributed by atoms with van der Waals surface area (Å²) in [7, 11) is 0. The fourth-order valence-electron chi connectivity index (χ4n) is 2.21. The van der Waals surface area contributed by atoms with Gasteiger partial charge in [-0.1, -0.05) is 42.5 Å². The summed E-state index contributed by atoms with van der Waals surface area (Å²) in [4.78, 5) is 15.7. The predicted molar refractivity (Wildman–Crippen MR) is 79.2 cm³/mol. The van der Waals surface area contributed by atoms with Crippen LogP contribution < -0.4 is 0 Å². The van der Waals surface area contributed by atoms with E-state index in [1.165, 1.54) is 17.0 Å². The Balaban J connectivity index is 1.80. The predicted octanol–water partition coefficient (Wildman–Crippen LogP) is 3.60. The monoisotopic (exact) mass is 281 g/mol. The van der Waals surface area contributed by atoms with Gasteiger partial charge in [-0.2, -0.15) is 0 Å².